The van der Waals surface area contributed by atoms with Crippen LogP contribution in [0.5, 0.6) is 0 Å². The van der Waals surface area contributed by atoms with Crippen LogP contribution in [0.2, 0.25) is 0 Å². The Balaban J connectivity index is 5.40. The average molecular weight is 231 g/mol. The molecule has 0 fully saturated rings. The van der Waals surface area contributed by atoms with Gasteiger partial charge in [-0.1, -0.05) is 6.92 Å². The molecule has 0 bridgehead atoms. The van der Waals surface area contributed by atoms with Crippen molar-refractivity contribution in [2.45, 2.75) is 39.2 Å². The Labute approximate surface area is 93.9 Å². The SMILES string of the molecule is CCN(C(C)=O)C(CC)(CC(=O)O)C(=O)O. The number of hydrogen-bond donors (Lipinski definition) is 2. The smallest absolute Gasteiger partial charge is 0.330 e. The number of carboxylic acid groups (broad SMARTS) is 2. The fourth-order valence-corrected chi connectivity index (χ4v) is 1.83. The van der Waals surface area contributed by atoms with E-state index >= 15 is 0 Å². The number of hydrogen-bond acceptors (Lipinski definition) is 3. The van der Waals surface area contributed by atoms with Gasteiger partial charge in [-0.25, -0.2) is 4.79 Å². The van der Waals surface area contributed by atoms with Crippen LogP contribution in [-0.4, -0.2) is 45.0 Å². The third-order valence-electron chi connectivity index (χ3n) is 2.64. The van der Waals surface area contributed by atoms with Gasteiger partial charge in [0, 0.05) is 13.5 Å². The summed E-state index contributed by atoms with van der Waals surface area (Å²) in [6.07, 6.45) is -0.533. The van der Waals surface area contributed by atoms with Crippen molar-refractivity contribution < 1.29 is 24.6 Å². The van der Waals surface area contributed by atoms with Gasteiger partial charge >= 0.3 is 11.9 Å². The highest BCUT2D eigenvalue weighted by atomic mass is 16.4. The Morgan fingerprint density at radius 3 is 1.88 bits per heavy atom. The molecule has 0 aliphatic heterocycles. The fraction of sp³-hybridized carbons (Fsp3) is 0.700. The Morgan fingerprint density at radius 1 is 1.19 bits per heavy atom. The molecule has 0 saturated heterocycles. The van der Waals surface area contributed by atoms with Crippen LogP contribution in [0, 0.1) is 0 Å². The lowest BCUT2D eigenvalue weighted by atomic mass is 9.89. The Hall–Kier alpha value is -1.59. The first-order valence-corrected chi connectivity index (χ1v) is 5.05. The maximum atomic E-state index is 11.3. The minimum Gasteiger partial charge on any atom is -0.481 e. The van der Waals surface area contributed by atoms with Gasteiger partial charge in [-0.3, -0.25) is 9.59 Å². The van der Waals surface area contributed by atoms with Crippen LogP contribution >= 0.6 is 0 Å². The van der Waals surface area contributed by atoms with Gasteiger partial charge < -0.3 is 15.1 Å². The zero-order valence-corrected chi connectivity index (χ0v) is 9.69. The fourth-order valence-electron chi connectivity index (χ4n) is 1.83. The lowest BCUT2D eigenvalue weighted by Crippen LogP contribution is -2.57. The first-order valence-electron chi connectivity index (χ1n) is 5.05. The molecule has 0 spiro atoms. The lowest BCUT2D eigenvalue weighted by molar-refractivity contribution is -0.163. The summed E-state index contributed by atoms with van der Waals surface area (Å²) < 4.78 is 0. The molecule has 1 amide bonds. The number of amides is 1. The molecular weight excluding hydrogens is 214 g/mol. The van der Waals surface area contributed by atoms with Crippen molar-refractivity contribution >= 4 is 17.8 Å². The van der Waals surface area contributed by atoms with Crippen molar-refractivity contribution in [3.05, 3.63) is 0 Å². The molecule has 0 aromatic rings. The first-order chi connectivity index (χ1) is 7.31. The molecule has 6 nitrogen and oxygen atoms in total. The van der Waals surface area contributed by atoms with E-state index in [2.05, 4.69) is 0 Å². The monoisotopic (exact) mass is 231 g/mol. The highest BCUT2D eigenvalue weighted by molar-refractivity contribution is 5.90. The van der Waals surface area contributed by atoms with Gasteiger partial charge in [0.15, 0.2) is 5.54 Å². The quantitative estimate of drug-likeness (QED) is 0.696. The number of likely N-dealkylation sites (N-methyl/N-ethyl adjacent to an activating group) is 1. The summed E-state index contributed by atoms with van der Waals surface area (Å²) in [6.45, 7) is 4.58. The van der Waals surface area contributed by atoms with Crippen molar-refractivity contribution in [1.82, 2.24) is 4.90 Å². The maximum Gasteiger partial charge on any atom is 0.330 e. The van der Waals surface area contributed by atoms with Gasteiger partial charge in [-0.15, -0.1) is 0 Å². The van der Waals surface area contributed by atoms with Gasteiger partial charge in [-0.2, -0.15) is 0 Å². The molecule has 2 N–H and O–H groups in total. The van der Waals surface area contributed by atoms with E-state index in [1.807, 2.05) is 0 Å². The predicted molar refractivity (Wildman–Crippen MR) is 56.0 cm³/mol. The second-order valence-corrected chi connectivity index (χ2v) is 3.52. The summed E-state index contributed by atoms with van der Waals surface area (Å²) in [5, 5.41) is 17.9. The van der Waals surface area contributed by atoms with E-state index in [0.717, 1.165) is 4.90 Å². The van der Waals surface area contributed by atoms with Crippen molar-refractivity contribution in [2.75, 3.05) is 6.54 Å². The Kier molecular flexibility index (Phi) is 4.94. The molecule has 0 aliphatic carbocycles. The summed E-state index contributed by atoms with van der Waals surface area (Å²) in [4.78, 5) is 34.4. The summed E-state index contributed by atoms with van der Waals surface area (Å²) in [5.74, 6) is -2.95. The third-order valence-corrected chi connectivity index (χ3v) is 2.64. The molecule has 0 saturated carbocycles. The van der Waals surface area contributed by atoms with Crippen molar-refractivity contribution in [3.63, 3.8) is 0 Å². The maximum absolute atomic E-state index is 11.3. The molecular formula is C10H17NO5. The van der Waals surface area contributed by atoms with Crippen LogP contribution in [0.1, 0.15) is 33.6 Å². The van der Waals surface area contributed by atoms with Gasteiger partial charge in [-0.05, 0) is 13.3 Å². The second-order valence-electron chi connectivity index (χ2n) is 3.52. The Morgan fingerprint density at radius 2 is 1.69 bits per heavy atom. The van der Waals surface area contributed by atoms with Crippen molar-refractivity contribution in [1.29, 1.82) is 0 Å². The van der Waals surface area contributed by atoms with Gasteiger partial charge in [0.25, 0.3) is 0 Å². The lowest BCUT2D eigenvalue weighted by Gasteiger charge is -2.37. The molecule has 0 rings (SSSR count). The number of carbonyl (C=O) groups excluding carboxylic acids is 1. The number of aliphatic carboxylic acids is 2. The number of carboxylic acids is 2. The summed E-state index contributed by atoms with van der Waals surface area (Å²) >= 11 is 0. The molecule has 0 radical (unpaired) electrons. The molecule has 92 valence electrons. The average Bonchev–Trinajstić information content (AvgIpc) is 2.15. The van der Waals surface area contributed by atoms with Gasteiger partial charge in [0.05, 0.1) is 6.42 Å². The van der Waals surface area contributed by atoms with Gasteiger partial charge in [0.2, 0.25) is 5.91 Å². The summed E-state index contributed by atoms with van der Waals surface area (Å²) in [6, 6.07) is 0. The van der Waals surface area contributed by atoms with Crippen molar-refractivity contribution in [3.8, 4) is 0 Å². The minimum atomic E-state index is -1.65. The van der Waals surface area contributed by atoms with Crippen LogP contribution in [0.4, 0.5) is 0 Å². The van der Waals surface area contributed by atoms with Crippen LogP contribution in [0.15, 0.2) is 0 Å². The number of rotatable bonds is 6. The van der Waals surface area contributed by atoms with E-state index in [1.54, 1.807) is 13.8 Å². The third kappa shape index (κ3) is 2.71. The summed E-state index contributed by atoms with van der Waals surface area (Å²) in [7, 11) is 0. The van der Waals surface area contributed by atoms with E-state index in [4.69, 9.17) is 10.2 Å². The molecule has 0 heterocycles. The molecule has 0 aromatic heterocycles. The van der Waals surface area contributed by atoms with Crippen molar-refractivity contribution in [2.24, 2.45) is 0 Å². The molecule has 0 aromatic carbocycles. The molecule has 1 unspecified atom stereocenters. The summed E-state index contributed by atoms with van der Waals surface area (Å²) in [5.41, 5.74) is -1.65. The zero-order valence-electron chi connectivity index (χ0n) is 9.69. The zero-order chi connectivity index (χ0) is 12.9. The molecule has 16 heavy (non-hydrogen) atoms. The van der Waals surface area contributed by atoms with E-state index in [-0.39, 0.29) is 13.0 Å². The highest BCUT2D eigenvalue weighted by Crippen LogP contribution is 2.25. The molecule has 0 aliphatic rings. The van der Waals surface area contributed by atoms with E-state index in [1.165, 1.54) is 6.92 Å². The van der Waals surface area contributed by atoms with Gasteiger partial charge in [0.1, 0.15) is 0 Å². The normalized spacial score (nSPS) is 13.9. The Bertz CT molecular complexity index is 302. The van der Waals surface area contributed by atoms with Crippen LogP contribution in [-0.2, 0) is 14.4 Å². The standard InChI is InChI=1S/C10H17NO5/c1-4-10(9(15)16,6-8(13)14)11(5-2)7(3)12/h4-6H2,1-3H3,(H,13,14)(H,15,16). The number of nitrogens with zero attached hydrogens (tertiary/aromatic N) is 1. The predicted octanol–water partition coefficient (Wildman–Crippen LogP) is 0.563. The number of carbonyl (C=O) groups is 3. The van der Waals surface area contributed by atoms with E-state index in [0.29, 0.717) is 0 Å². The largest absolute Gasteiger partial charge is 0.481 e. The van der Waals surface area contributed by atoms with Crippen LogP contribution in [0.25, 0.3) is 0 Å². The van der Waals surface area contributed by atoms with Crippen LogP contribution < -0.4 is 0 Å². The van der Waals surface area contributed by atoms with E-state index < -0.39 is 29.8 Å². The second kappa shape index (κ2) is 5.48. The van der Waals surface area contributed by atoms with Crippen LogP contribution in [0.3, 0.4) is 0 Å². The topological polar surface area (TPSA) is 94.9 Å². The first kappa shape index (κ1) is 14.4. The molecule has 6 heteroatoms. The molecule has 1 atom stereocenters. The highest BCUT2D eigenvalue weighted by Gasteiger charge is 2.45. The minimum absolute atomic E-state index is 0.0576. The van der Waals surface area contributed by atoms with E-state index in [9.17, 15) is 14.4 Å².